The van der Waals surface area contributed by atoms with Crippen LogP contribution in [0.25, 0.3) is 0 Å². The molecule has 1 aromatic rings. The van der Waals surface area contributed by atoms with E-state index < -0.39 is 37.6 Å². The van der Waals surface area contributed by atoms with E-state index in [9.17, 15) is 35.1 Å². The summed E-state index contributed by atoms with van der Waals surface area (Å²) in [6.45, 7) is 10.6. The number of carbonyl (C=O) groups is 1. The fourth-order valence-electron chi connectivity index (χ4n) is 5.42. The number of non-ortho nitro benzene ring substituents is 1. The minimum Gasteiger partial charge on any atom is -0.497 e. The van der Waals surface area contributed by atoms with Crippen LogP contribution in [0.2, 0.25) is 0 Å². The third-order valence-corrected chi connectivity index (χ3v) is 8.10. The molecule has 0 amide bonds. The number of nitrogens with zero attached hydrogens (tertiary/aromatic N) is 4. The van der Waals surface area contributed by atoms with Crippen LogP contribution >= 0.6 is 0 Å². The molecule has 1 aromatic carbocycles. The highest BCUT2D eigenvalue weighted by molar-refractivity contribution is 5.72. The van der Waals surface area contributed by atoms with Crippen molar-refractivity contribution in [2.75, 3.05) is 32.8 Å². The average Bonchev–Trinajstić information content (AvgIpc) is 3.13. The molecule has 198 valence electrons. The van der Waals surface area contributed by atoms with E-state index in [0.717, 1.165) is 32.7 Å². The molecule has 1 aliphatic heterocycles. The summed E-state index contributed by atoms with van der Waals surface area (Å²) in [5, 5.41) is 40.2. The molecule has 0 aromatic heterocycles. The number of phenolic OH excluding ortho intramolecular Hbond substituents is 1. The first-order valence-electron chi connectivity index (χ1n) is 11.6. The van der Waals surface area contributed by atoms with E-state index in [2.05, 4.69) is 25.7 Å². The van der Waals surface area contributed by atoms with E-state index in [1.807, 2.05) is 0 Å². The van der Waals surface area contributed by atoms with Gasteiger partial charge in [0.2, 0.25) is 0 Å². The Hall–Kier alpha value is -3.39. The normalized spacial score (nSPS) is 26.5. The van der Waals surface area contributed by atoms with Gasteiger partial charge in [-0.05, 0) is 30.6 Å². The van der Waals surface area contributed by atoms with Crippen LogP contribution in [0.5, 0.6) is 5.75 Å². The molecular formula is C22H30N4O10. The second-order valence-corrected chi connectivity index (χ2v) is 10.1. The van der Waals surface area contributed by atoms with Crippen LogP contribution in [-0.4, -0.2) is 69.7 Å². The smallest absolute Gasteiger partial charge is 0.324 e. The van der Waals surface area contributed by atoms with Gasteiger partial charge >= 0.3 is 17.3 Å². The molecule has 3 fully saturated rings. The predicted molar refractivity (Wildman–Crippen MR) is 124 cm³/mol. The first-order chi connectivity index (χ1) is 16.8. The summed E-state index contributed by atoms with van der Waals surface area (Å²) in [6, 6.07) is 0.894. The highest BCUT2D eigenvalue weighted by Crippen LogP contribution is 2.66. The summed E-state index contributed by atoms with van der Waals surface area (Å²) < 4.78 is 11.2. The molecule has 14 heteroatoms. The van der Waals surface area contributed by atoms with Crippen molar-refractivity contribution >= 4 is 23.0 Å². The lowest BCUT2D eigenvalue weighted by atomic mass is 9.70. The first-order valence-corrected chi connectivity index (χ1v) is 11.6. The summed E-state index contributed by atoms with van der Waals surface area (Å²) in [4.78, 5) is 42.1. The maximum atomic E-state index is 12.2. The van der Waals surface area contributed by atoms with Crippen molar-refractivity contribution in [3.63, 3.8) is 0 Å². The van der Waals surface area contributed by atoms with Crippen LogP contribution in [0.15, 0.2) is 12.1 Å². The molecular weight excluding hydrogens is 480 g/mol. The number of esters is 1. The number of morpholine rings is 1. The van der Waals surface area contributed by atoms with Gasteiger partial charge in [0.25, 0.3) is 11.4 Å². The Labute approximate surface area is 206 Å². The number of hydrogen-bond donors (Lipinski definition) is 1. The Kier molecular flexibility index (Phi) is 7.79. The largest absolute Gasteiger partial charge is 0.497 e. The number of aromatic hydroxyl groups is 1. The second-order valence-electron chi connectivity index (χ2n) is 10.1. The highest BCUT2D eigenvalue weighted by Gasteiger charge is 2.62. The lowest BCUT2D eigenvalue weighted by molar-refractivity contribution is -0.404. The number of phenols is 1. The van der Waals surface area contributed by atoms with Gasteiger partial charge in [0.15, 0.2) is 0 Å². The molecule has 3 atom stereocenters. The molecule has 36 heavy (non-hydrogen) atoms. The van der Waals surface area contributed by atoms with E-state index in [1.165, 1.54) is 12.8 Å². The number of nitro benzene ring substituents is 3. The van der Waals surface area contributed by atoms with Gasteiger partial charge in [-0.3, -0.25) is 40.0 Å². The monoisotopic (exact) mass is 510 g/mol. The minimum atomic E-state index is -1.21. The number of nitro groups is 3. The van der Waals surface area contributed by atoms with Crippen molar-refractivity contribution in [1.82, 2.24) is 4.90 Å². The Balaban J connectivity index is 0.000000207. The number of ether oxygens (including phenoxy) is 2. The number of benzene rings is 1. The van der Waals surface area contributed by atoms with Gasteiger partial charge in [0, 0.05) is 18.5 Å². The topological polar surface area (TPSA) is 188 Å². The second kappa shape index (κ2) is 10.3. The highest BCUT2D eigenvalue weighted by atomic mass is 16.6. The molecule has 0 spiro atoms. The summed E-state index contributed by atoms with van der Waals surface area (Å²) in [7, 11) is 0. The van der Waals surface area contributed by atoms with Crippen LogP contribution < -0.4 is 0 Å². The van der Waals surface area contributed by atoms with Crippen LogP contribution in [0, 0.1) is 47.1 Å². The van der Waals surface area contributed by atoms with E-state index in [0.29, 0.717) is 30.0 Å². The molecule has 4 rings (SSSR count). The molecule has 1 saturated heterocycles. The zero-order valence-corrected chi connectivity index (χ0v) is 20.4. The van der Waals surface area contributed by atoms with E-state index >= 15 is 0 Å². The van der Waals surface area contributed by atoms with E-state index in [1.54, 1.807) is 0 Å². The third-order valence-electron chi connectivity index (χ3n) is 8.10. The third kappa shape index (κ3) is 5.23. The summed E-state index contributed by atoms with van der Waals surface area (Å²) in [6.07, 6.45) is 3.66. The van der Waals surface area contributed by atoms with Crippen LogP contribution in [0.1, 0.15) is 40.0 Å². The zero-order chi connectivity index (χ0) is 26.8. The predicted octanol–water partition coefficient (Wildman–Crippen LogP) is 3.19. The number of rotatable bonds is 6. The van der Waals surface area contributed by atoms with Gasteiger partial charge < -0.3 is 14.6 Å². The SMILES string of the molecule is CC1(C)C2CCC1(C)C(OC(=O)CN1CCOCC1)C2.O=[N+]([O-])c1cc([N+](=O)[O-])c(O)c([N+](=O)[O-])c1. The van der Waals surface area contributed by atoms with Gasteiger partial charge in [-0.15, -0.1) is 0 Å². The molecule has 0 radical (unpaired) electrons. The lowest BCUT2D eigenvalue weighted by Gasteiger charge is -2.38. The van der Waals surface area contributed by atoms with Crippen molar-refractivity contribution in [2.24, 2.45) is 16.7 Å². The van der Waals surface area contributed by atoms with Gasteiger partial charge in [0.05, 0.1) is 46.7 Å². The van der Waals surface area contributed by atoms with Crippen molar-refractivity contribution in [1.29, 1.82) is 0 Å². The number of fused-ring (bicyclic) bond motifs is 2. The lowest BCUT2D eigenvalue weighted by Crippen LogP contribution is -2.43. The molecule has 14 nitrogen and oxygen atoms in total. The fraction of sp³-hybridized carbons (Fsp3) is 0.682. The van der Waals surface area contributed by atoms with Crippen LogP contribution in [0.4, 0.5) is 17.1 Å². The average molecular weight is 511 g/mol. The standard InChI is InChI=1S/C16H27NO3.C6H3N3O7/c1-15(2)12-4-5-16(15,3)13(10-12)20-14(18)11-17-6-8-19-9-7-17;10-6-4(8(13)14)1-3(7(11)12)2-5(6)9(15)16/h12-13H,4-11H2,1-3H3;1-2,10H. The molecule has 3 unspecified atom stereocenters. The van der Waals surface area contributed by atoms with Crippen molar-refractivity contribution < 1.29 is 34.1 Å². The van der Waals surface area contributed by atoms with E-state index in [-0.39, 0.29) is 17.5 Å². The van der Waals surface area contributed by atoms with E-state index in [4.69, 9.17) is 14.6 Å². The quantitative estimate of drug-likeness (QED) is 0.336. The first kappa shape index (κ1) is 27.2. The van der Waals surface area contributed by atoms with Crippen molar-refractivity contribution in [2.45, 2.75) is 46.1 Å². The Morgan fingerprint density at radius 3 is 2.06 bits per heavy atom. The summed E-state index contributed by atoms with van der Waals surface area (Å²) in [5.74, 6) is -0.546. The fourth-order valence-corrected chi connectivity index (χ4v) is 5.42. The maximum absolute atomic E-state index is 12.2. The summed E-state index contributed by atoms with van der Waals surface area (Å²) in [5.41, 5.74) is -2.53. The number of hydrogen-bond acceptors (Lipinski definition) is 11. The van der Waals surface area contributed by atoms with Crippen molar-refractivity contribution in [3.8, 4) is 5.75 Å². The Morgan fingerprint density at radius 2 is 1.64 bits per heavy atom. The molecule has 1 N–H and O–H groups in total. The number of carbonyl (C=O) groups excluding carboxylic acids is 1. The molecule has 2 saturated carbocycles. The van der Waals surface area contributed by atoms with Crippen molar-refractivity contribution in [3.05, 3.63) is 42.5 Å². The van der Waals surface area contributed by atoms with Gasteiger partial charge in [0.1, 0.15) is 6.10 Å². The van der Waals surface area contributed by atoms with Gasteiger partial charge in [-0.25, -0.2) is 0 Å². The Morgan fingerprint density at radius 1 is 1.08 bits per heavy atom. The molecule has 2 bridgehead atoms. The molecule has 3 aliphatic rings. The summed E-state index contributed by atoms with van der Waals surface area (Å²) >= 11 is 0. The molecule has 2 aliphatic carbocycles. The minimum absolute atomic E-state index is 0.0542. The van der Waals surface area contributed by atoms with Gasteiger partial charge in [-0.1, -0.05) is 20.8 Å². The van der Waals surface area contributed by atoms with Crippen LogP contribution in [-0.2, 0) is 14.3 Å². The zero-order valence-electron chi connectivity index (χ0n) is 20.4. The maximum Gasteiger partial charge on any atom is 0.324 e. The van der Waals surface area contributed by atoms with Gasteiger partial charge in [-0.2, -0.15) is 0 Å². The van der Waals surface area contributed by atoms with Crippen LogP contribution in [0.3, 0.4) is 0 Å². The Bertz CT molecular complexity index is 1020. The molecule has 1 heterocycles.